The largest absolute Gasteiger partial charge is 0.421 e. The van der Waals surface area contributed by atoms with E-state index in [4.69, 9.17) is 0 Å². The molecule has 0 unspecified atom stereocenters. The fourth-order valence-electron chi connectivity index (χ4n) is 2.52. The highest BCUT2D eigenvalue weighted by Gasteiger charge is 2.35. The van der Waals surface area contributed by atoms with Gasteiger partial charge in [-0.2, -0.15) is 13.2 Å². The third kappa shape index (κ3) is 4.57. The Kier molecular flexibility index (Phi) is 5.66. The van der Waals surface area contributed by atoms with Crippen molar-refractivity contribution in [2.24, 2.45) is 0 Å². The van der Waals surface area contributed by atoms with Gasteiger partial charge in [-0.3, -0.25) is 14.5 Å². The maximum Gasteiger partial charge on any atom is 0.421 e. The van der Waals surface area contributed by atoms with E-state index in [1.807, 2.05) is 19.1 Å². The molecule has 2 heterocycles. The van der Waals surface area contributed by atoms with Crippen LogP contribution in [0.15, 0.2) is 17.1 Å². The van der Waals surface area contributed by atoms with E-state index >= 15 is 0 Å². The molecule has 24 heavy (non-hydrogen) atoms. The Labute approximate surface area is 137 Å². The van der Waals surface area contributed by atoms with Crippen molar-refractivity contribution in [2.75, 3.05) is 53.4 Å². The number of likely N-dealkylation sites (N-methyl/N-ethyl adjacent to an activating group) is 1. The third-order valence-corrected chi connectivity index (χ3v) is 3.98. The van der Waals surface area contributed by atoms with Crippen LogP contribution in [0.25, 0.3) is 0 Å². The minimum atomic E-state index is -4.78. The second-order valence-corrected chi connectivity index (χ2v) is 6.07. The van der Waals surface area contributed by atoms with E-state index in [1.54, 1.807) is 0 Å². The smallest absolute Gasteiger partial charge is 0.336 e. The topological polar surface area (TPSA) is 59.6 Å². The highest BCUT2D eigenvalue weighted by atomic mass is 19.4. The fraction of sp³-hybridized carbons (Fsp3) is 0.600. The molecule has 1 amide bonds. The first-order valence-corrected chi connectivity index (χ1v) is 7.65. The van der Waals surface area contributed by atoms with Gasteiger partial charge in [-0.1, -0.05) is 0 Å². The van der Waals surface area contributed by atoms with Gasteiger partial charge in [0, 0.05) is 45.5 Å². The normalized spacial score (nSPS) is 16.7. The molecule has 1 fully saturated rings. The highest BCUT2D eigenvalue weighted by Crippen LogP contribution is 2.26. The monoisotopic (exact) mass is 346 g/mol. The maximum atomic E-state index is 12.8. The van der Waals surface area contributed by atoms with Gasteiger partial charge in [-0.05, 0) is 20.2 Å². The molecule has 0 aromatic carbocycles. The lowest BCUT2D eigenvalue weighted by Gasteiger charge is -2.35. The summed E-state index contributed by atoms with van der Waals surface area (Å²) in [6, 6.07) is 0.625. The van der Waals surface area contributed by atoms with E-state index < -0.39 is 23.2 Å². The second-order valence-electron chi connectivity index (χ2n) is 6.07. The van der Waals surface area contributed by atoms with Crippen LogP contribution in [0, 0.1) is 0 Å². The Hall–Kier alpha value is -1.87. The zero-order valence-corrected chi connectivity index (χ0v) is 13.7. The van der Waals surface area contributed by atoms with Crippen molar-refractivity contribution in [3.05, 3.63) is 33.7 Å². The van der Waals surface area contributed by atoms with Crippen molar-refractivity contribution in [3.63, 3.8) is 0 Å². The molecule has 1 N–H and O–H groups in total. The first kappa shape index (κ1) is 18.5. The Bertz CT molecular complexity index is 634. The Balaban J connectivity index is 2.02. The summed E-state index contributed by atoms with van der Waals surface area (Å²) in [7, 11) is 3.96. The molecule has 0 atom stereocenters. The quantitative estimate of drug-likeness (QED) is 0.873. The first-order valence-electron chi connectivity index (χ1n) is 7.65. The molecule has 9 heteroatoms. The number of amides is 1. The summed E-state index contributed by atoms with van der Waals surface area (Å²) in [5.74, 6) is -0.496. The van der Waals surface area contributed by atoms with Gasteiger partial charge in [-0.25, -0.2) is 0 Å². The fourth-order valence-corrected chi connectivity index (χ4v) is 2.52. The number of alkyl halides is 3. The molecule has 6 nitrogen and oxygen atoms in total. The number of pyridine rings is 1. The molecule has 0 spiro atoms. The van der Waals surface area contributed by atoms with E-state index in [2.05, 4.69) is 9.80 Å². The SMILES string of the molecule is CN(C)CCN1CCN(C(=O)c2c[nH]c(=O)c(C(F)(F)F)c2)CC1. The number of aromatic nitrogens is 1. The van der Waals surface area contributed by atoms with Crippen molar-refractivity contribution in [1.29, 1.82) is 0 Å². The highest BCUT2D eigenvalue weighted by molar-refractivity contribution is 5.94. The second kappa shape index (κ2) is 7.35. The number of nitrogens with one attached hydrogen (secondary N) is 1. The minimum Gasteiger partial charge on any atom is -0.336 e. The third-order valence-electron chi connectivity index (χ3n) is 3.98. The van der Waals surface area contributed by atoms with Crippen LogP contribution >= 0.6 is 0 Å². The summed E-state index contributed by atoms with van der Waals surface area (Å²) >= 11 is 0. The summed E-state index contributed by atoms with van der Waals surface area (Å²) in [6.07, 6.45) is -3.74. The van der Waals surface area contributed by atoms with E-state index in [9.17, 15) is 22.8 Å². The molecule has 2 rings (SSSR count). The minimum absolute atomic E-state index is 0.149. The lowest BCUT2D eigenvalue weighted by Crippen LogP contribution is -2.50. The van der Waals surface area contributed by atoms with Gasteiger partial charge in [-0.15, -0.1) is 0 Å². The number of rotatable bonds is 4. The number of nitrogens with zero attached hydrogens (tertiary/aromatic N) is 3. The number of piperazine rings is 1. The molecule has 1 aromatic rings. The Morgan fingerprint density at radius 3 is 2.42 bits per heavy atom. The van der Waals surface area contributed by atoms with Crippen LogP contribution in [-0.4, -0.2) is 79.0 Å². The van der Waals surface area contributed by atoms with Gasteiger partial charge >= 0.3 is 6.18 Å². The molecule has 0 aliphatic carbocycles. The van der Waals surface area contributed by atoms with Crippen molar-refractivity contribution < 1.29 is 18.0 Å². The average molecular weight is 346 g/mol. The van der Waals surface area contributed by atoms with Gasteiger partial charge in [0.25, 0.3) is 11.5 Å². The van der Waals surface area contributed by atoms with Crippen LogP contribution in [0.3, 0.4) is 0 Å². The van der Waals surface area contributed by atoms with Gasteiger partial charge in [0.05, 0.1) is 5.56 Å². The van der Waals surface area contributed by atoms with Crippen LogP contribution in [0.4, 0.5) is 13.2 Å². The number of H-pyrrole nitrogens is 1. The number of hydrogen-bond acceptors (Lipinski definition) is 4. The molecular formula is C15H21F3N4O2. The predicted molar refractivity (Wildman–Crippen MR) is 83.0 cm³/mol. The summed E-state index contributed by atoms with van der Waals surface area (Å²) in [5.41, 5.74) is -2.74. The lowest BCUT2D eigenvalue weighted by molar-refractivity contribution is -0.138. The van der Waals surface area contributed by atoms with Crippen LogP contribution in [-0.2, 0) is 6.18 Å². The molecule has 134 valence electrons. The summed E-state index contributed by atoms with van der Waals surface area (Å²) < 4.78 is 38.3. The van der Waals surface area contributed by atoms with Crippen LogP contribution in [0.1, 0.15) is 15.9 Å². The van der Waals surface area contributed by atoms with Crippen molar-refractivity contribution in [1.82, 2.24) is 19.7 Å². The summed E-state index contributed by atoms with van der Waals surface area (Å²) in [5, 5.41) is 0. The lowest BCUT2D eigenvalue weighted by atomic mass is 10.1. The molecule has 0 saturated carbocycles. The van der Waals surface area contributed by atoms with E-state index in [0.717, 1.165) is 19.3 Å². The van der Waals surface area contributed by atoms with E-state index in [-0.39, 0.29) is 5.56 Å². The van der Waals surface area contributed by atoms with E-state index in [1.165, 1.54) is 4.90 Å². The predicted octanol–water partition coefficient (Wildman–Crippen LogP) is 0.713. The van der Waals surface area contributed by atoms with Gasteiger partial charge < -0.3 is 14.8 Å². The van der Waals surface area contributed by atoms with Gasteiger partial charge in [0.1, 0.15) is 5.56 Å². The van der Waals surface area contributed by atoms with Crippen molar-refractivity contribution in [2.45, 2.75) is 6.18 Å². The van der Waals surface area contributed by atoms with Crippen molar-refractivity contribution in [3.8, 4) is 0 Å². The number of hydrogen-bond donors (Lipinski definition) is 1. The number of carbonyl (C=O) groups excluding carboxylic acids is 1. The summed E-state index contributed by atoms with van der Waals surface area (Å²) in [6.45, 7) is 4.04. The molecule has 1 aliphatic heterocycles. The Morgan fingerprint density at radius 1 is 1.25 bits per heavy atom. The van der Waals surface area contributed by atoms with Crippen LogP contribution < -0.4 is 5.56 Å². The van der Waals surface area contributed by atoms with Crippen LogP contribution in [0.5, 0.6) is 0 Å². The summed E-state index contributed by atoms with van der Waals surface area (Å²) in [4.78, 5) is 31.4. The Morgan fingerprint density at radius 2 is 1.88 bits per heavy atom. The zero-order chi connectivity index (χ0) is 17.9. The van der Waals surface area contributed by atoms with Gasteiger partial charge in [0.15, 0.2) is 0 Å². The van der Waals surface area contributed by atoms with Gasteiger partial charge in [0.2, 0.25) is 0 Å². The number of carbonyl (C=O) groups is 1. The van der Waals surface area contributed by atoms with Crippen molar-refractivity contribution >= 4 is 5.91 Å². The van der Waals surface area contributed by atoms with E-state index in [0.29, 0.717) is 32.2 Å². The molecule has 1 saturated heterocycles. The number of aromatic amines is 1. The zero-order valence-electron chi connectivity index (χ0n) is 13.7. The molecular weight excluding hydrogens is 325 g/mol. The maximum absolute atomic E-state index is 12.8. The van der Waals surface area contributed by atoms with Crippen LogP contribution in [0.2, 0.25) is 0 Å². The first-order chi connectivity index (χ1) is 11.2. The molecule has 1 aliphatic rings. The average Bonchev–Trinajstić information content (AvgIpc) is 2.52. The molecule has 0 bridgehead atoms. The number of halogens is 3. The standard InChI is InChI=1S/C15H21F3N4O2/c1-20(2)3-4-21-5-7-22(8-6-21)14(24)11-9-12(15(16,17)18)13(23)19-10-11/h9-10H,3-8H2,1-2H3,(H,19,23). The molecule has 0 radical (unpaired) electrons. The molecule has 1 aromatic heterocycles.